The van der Waals surface area contributed by atoms with Gasteiger partial charge in [0.2, 0.25) is 5.91 Å². The van der Waals surface area contributed by atoms with E-state index in [-0.39, 0.29) is 11.9 Å². The lowest BCUT2D eigenvalue weighted by Gasteiger charge is -2.39. The Morgan fingerprint density at radius 1 is 1.18 bits per heavy atom. The molecule has 0 unspecified atom stereocenters. The Hall–Kier alpha value is -2.53. The number of likely N-dealkylation sites (tertiary alicyclic amines) is 1. The first kappa shape index (κ1) is 20.2. The molecule has 5 nitrogen and oxygen atoms in total. The fourth-order valence-electron chi connectivity index (χ4n) is 3.56. The van der Waals surface area contributed by atoms with E-state index in [4.69, 9.17) is 11.6 Å². The van der Waals surface area contributed by atoms with Gasteiger partial charge >= 0.3 is 6.03 Å². The van der Waals surface area contributed by atoms with Gasteiger partial charge in [0.05, 0.1) is 5.41 Å². The van der Waals surface area contributed by atoms with Gasteiger partial charge in [-0.3, -0.25) is 4.79 Å². The van der Waals surface area contributed by atoms with Crippen molar-refractivity contribution in [1.82, 2.24) is 10.2 Å². The van der Waals surface area contributed by atoms with Gasteiger partial charge in [-0.2, -0.15) is 0 Å². The zero-order valence-corrected chi connectivity index (χ0v) is 17.1. The maximum absolute atomic E-state index is 12.9. The number of urea groups is 1. The topological polar surface area (TPSA) is 61.4 Å². The van der Waals surface area contributed by atoms with Gasteiger partial charge in [-0.25, -0.2) is 4.79 Å². The number of nitrogens with zero attached hydrogens (tertiary/aromatic N) is 1. The molecule has 2 N–H and O–H groups in total. The molecule has 0 aromatic heterocycles. The van der Waals surface area contributed by atoms with Crippen LogP contribution in [0.15, 0.2) is 48.5 Å². The van der Waals surface area contributed by atoms with Crippen molar-refractivity contribution in [1.29, 1.82) is 0 Å². The van der Waals surface area contributed by atoms with Gasteiger partial charge in [0, 0.05) is 30.3 Å². The van der Waals surface area contributed by atoms with E-state index in [1.54, 1.807) is 29.2 Å². The number of carbonyl (C=O) groups is 2. The molecule has 0 saturated carbocycles. The molecule has 1 saturated heterocycles. The number of anilines is 1. The maximum atomic E-state index is 12.9. The number of nitrogens with one attached hydrogen (secondary N) is 2. The predicted molar refractivity (Wildman–Crippen MR) is 112 cm³/mol. The third kappa shape index (κ3) is 4.84. The number of aryl methyl sites for hydroxylation is 1. The zero-order chi connectivity index (χ0) is 20.1. The van der Waals surface area contributed by atoms with E-state index in [2.05, 4.69) is 10.6 Å². The number of halogens is 1. The Morgan fingerprint density at radius 2 is 1.96 bits per heavy atom. The molecule has 2 aromatic rings. The Kier molecular flexibility index (Phi) is 6.25. The molecule has 3 amide bonds. The molecule has 0 radical (unpaired) electrons. The van der Waals surface area contributed by atoms with E-state index in [1.165, 1.54) is 0 Å². The van der Waals surface area contributed by atoms with Gasteiger partial charge in [0.15, 0.2) is 0 Å². The molecule has 1 heterocycles. The molecule has 0 bridgehead atoms. The van der Waals surface area contributed by atoms with Crippen LogP contribution < -0.4 is 10.6 Å². The van der Waals surface area contributed by atoms with Gasteiger partial charge in [-0.15, -0.1) is 0 Å². The summed E-state index contributed by atoms with van der Waals surface area (Å²) in [5.41, 5.74) is 2.30. The lowest BCUT2D eigenvalue weighted by Crippen LogP contribution is -2.52. The fourth-order valence-corrected chi connectivity index (χ4v) is 3.75. The predicted octanol–water partition coefficient (Wildman–Crippen LogP) is 4.60. The van der Waals surface area contributed by atoms with Crippen molar-refractivity contribution in [3.8, 4) is 0 Å². The fraction of sp³-hybridized carbons (Fsp3) is 0.364. The zero-order valence-electron chi connectivity index (χ0n) is 16.3. The van der Waals surface area contributed by atoms with Gasteiger partial charge < -0.3 is 15.5 Å². The largest absolute Gasteiger partial charge is 0.351 e. The second-order valence-corrected chi connectivity index (χ2v) is 8.07. The van der Waals surface area contributed by atoms with Crippen LogP contribution in [0.3, 0.4) is 0 Å². The lowest BCUT2D eigenvalue weighted by molar-refractivity contribution is -0.132. The van der Waals surface area contributed by atoms with Gasteiger partial charge in [0.1, 0.15) is 0 Å². The average molecular weight is 400 g/mol. The molecule has 148 valence electrons. The molecule has 2 aromatic carbocycles. The van der Waals surface area contributed by atoms with E-state index in [0.29, 0.717) is 30.3 Å². The minimum Gasteiger partial charge on any atom is -0.351 e. The van der Waals surface area contributed by atoms with Crippen molar-refractivity contribution in [2.45, 2.75) is 33.2 Å². The van der Waals surface area contributed by atoms with Crippen LogP contribution in [0.25, 0.3) is 0 Å². The highest BCUT2D eigenvalue weighted by molar-refractivity contribution is 6.30. The van der Waals surface area contributed by atoms with Crippen molar-refractivity contribution in [2.75, 3.05) is 18.4 Å². The molecule has 1 atom stereocenters. The standard InChI is InChI=1S/C22H26ClN3O2/c1-16-7-3-4-8-17(16)14-24-20(27)22(2)11-6-12-26(15-22)21(28)25-19-10-5-9-18(23)13-19/h3-5,7-10,13H,6,11-12,14-15H2,1-2H3,(H,24,27)(H,25,28)/t22-/m0/s1. The summed E-state index contributed by atoms with van der Waals surface area (Å²) in [7, 11) is 0. The van der Waals surface area contributed by atoms with Gasteiger partial charge in [0.25, 0.3) is 0 Å². The Balaban J connectivity index is 1.61. The number of hydrogen-bond acceptors (Lipinski definition) is 2. The summed E-state index contributed by atoms with van der Waals surface area (Å²) in [5.74, 6) is -0.0176. The van der Waals surface area contributed by atoms with Crippen molar-refractivity contribution in [3.05, 3.63) is 64.7 Å². The maximum Gasteiger partial charge on any atom is 0.321 e. The van der Waals surface area contributed by atoms with E-state index in [9.17, 15) is 9.59 Å². The summed E-state index contributed by atoms with van der Waals surface area (Å²) >= 11 is 5.98. The van der Waals surface area contributed by atoms with Crippen LogP contribution in [0, 0.1) is 12.3 Å². The highest BCUT2D eigenvalue weighted by Crippen LogP contribution is 2.30. The summed E-state index contributed by atoms with van der Waals surface area (Å²) in [5, 5.41) is 6.48. The third-order valence-corrected chi connectivity index (χ3v) is 5.54. The smallest absolute Gasteiger partial charge is 0.321 e. The first-order valence-corrected chi connectivity index (χ1v) is 9.89. The normalized spacial score (nSPS) is 19.2. The van der Waals surface area contributed by atoms with E-state index in [0.717, 1.165) is 24.0 Å². The minimum absolute atomic E-state index is 0.0176. The molecule has 0 spiro atoms. The highest BCUT2D eigenvalue weighted by Gasteiger charge is 2.39. The molecular formula is C22H26ClN3O2. The molecule has 0 aliphatic carbocycles. The number of rotatable bonds is 4. The van der Waals surface area contributed by atoms with Crippen LogP contribution in [0.1, 0.15) is 30.9 Å². The molecule has 6 heteroatoms. The second-order valence-electron chi connectivity index (χ2n) is 7.64. The van der Waals surface area contributed by atoms with Crippen LogP contribution >= 0.6 is 11.6 Å². The Labute approximate surface area is 171 Å². The first-order valence-electron chi connectivity index (χ1n) is 9.52. The Morgan fingerprint density at radius 3 is 2.71 bits per heavy atom. The van der Waals surface area contributed by atoms with Gasteiger partial charge in [-0.1, -0.05) is 41.9 Å². The van der Waals surface area contributed by atoms with Crippen LogP contribution in [-0.4, -0.2) is 29.9 Å². The third-order valence-electron chi connectivity index (χ3n) is 5.31. The molecule has 1 fully saturated rings. The van der Waals surface area contributed by atoms with Crippen molar-refractivity contribution in [3.63, 3.8) is 0 Å². The quantitative estimate of drug-likeness (QED) is 0.789. The van der Waals surface area contributed by atoms with Crippen LogP contribution in [0.4, 0.5) is 10.5 Å². The molecular weight excluding hydrogens is 374 g/mol. The summed E-state index contributed by atoms with van der Waals surface area (Å²) in [6, 6.07) is 14.8. The molecule has 28 heavy (non-hydrogen) atoms. The summed E-state index contributed by atoms with van der Waals surface area (Å²) in [6.45, 7) is 5.48. The minimum atomic E-state index is -0.605. The number of hydrogen-bond donors (Lipinski definition) is 2. The van der Waals surface area contributed by atoms with Crippen molar-refractivity contribution in [2.24, 2.45) is 5.41 Å². The second kappa shape index (κ2) is 8.65. The molecule has 3 rings (SSSR count). The first-order chi connectivity index (χ1) is 13.4. The van der Waals surface area contributed by atoms with E-state index >= 15 is 0 Å². The number of carbonyl (C=O) groups excluding carboxylic acids is 2. The SMILES string of the molecule is Cc1ccccc1CNC(=O)[C@@]1(C)CCCN(C(=O)Nc2cccc(Cl)c2)C1. The average Bonchev–Trinajstić information content (AvgIpc) is 2.67. The summed E-state index contributed by atoms with van der Waals surface area (Å²) in [4.78, 5) is 27.2. The number of piperidine rings is 1. The molecule has 1 aliphatic heterocycles. The lowest BCUT2D eigenvalue weighted by atomic mass is 9.81. The monoisotopic (exact) mass is 399 g/mol. The van der Waals surface area contributed by atoms with Crippen LogP contribution in [-0.2, 0) is 11.3 Å². The van der Waals surface area contributed by atoms with E-state index in [1.807, 2.05) is 38.1 Å². The Bertz CT molecular complexity index is 870. The van der Waals surface area contributed by atoms with Crippen molar-refractivity contribution < 1.29 is 9.59 Å². The highest BCUT2D eigenvalue weighted by atomic mass is 35.5. The van der Waals surface area contributed by atoms with E-state index < -0.39 is 5.41 Å². The summed E-state index contributed by atoms with van der Waals surface area (Å²) < 4.78 is 0. The number of amides is 3. The van der Waals surface area contributed by atoms with Crippen LogP contribution in [0.2, 0.25) is 5.02 Å². The van der Waals surface area contributed by atoms with Crippen LogP contribution in [0.5, 0.6) is 0 Å². The summed E-state index contributed by atoms with van der Waals surface area (Å²) in [6.07, 6.45) is 1.55. The van der Waals surface area contributed by atoms with Gasteiger partial charge in [-0.05, 0) is 56.0 Å². The number of benzene rings is 2. The molecule has 1 aliphatic rings. The van der Waals surface area contributed by atoms with Crippen molar-refractivity contribution >= 4 is 29.2 Å².